The van der Waals surface area contributed by atoms with Crippen LogP contribution in [0.3, 0.4) is 0 Å². The van der Waals surface area contributed by atoms with E-state index in [0.29, 0.717) is 10.9 Å². The number of carbonyl (C=O) groups is 1. The summed E-state index contributed by atoms with van der Waals surface area (Å²) < 4.78 is 1.68. The first-order valence-corrected chi connectivity index (χ1v) is 8.88. The van der Waals surface area contributed by atoms with Crippen molar-refractivity contribution in [2.45, 2.75) is 31.8 Å². The van der Waals surface area contributed by atoms with E-state index in [2.05, 4.69) is 22.4 Å². The number of hydrogen-bond acceptors (Lipinski definition) is 5. The summed E-state index contributed by atoms with van der Waals surface area (Å²) in [6, 6.07) is 7.98. The van der Waals surface area contributed by atoms with Crippen LogP contribution in [0, 0.1) is 12.8 Å². The normalized spacial score (nSPS) is 15.8. The van der Waals surface area contributed by atoms with Crippen molar-refractivity contribution in [2.75, 3.05) is 18.8 Å². The summed E-state index contributed by atoms with van der Waals surface area (Å²) in [6.07, 6.45) is 2.19. The van der Waals surface area contributed by atoms with Gasteiger partial charge in [0.25, 0.3) is 0 Å². The Labute approximate surface area is 140 Å². The standard InChI is InChI=1S/C16H21N5OS/c1-12-6-8-20(9-7-12)15(22)11-23-16-17-18-19-21(16)14-5-3-4-13(2)10-14/h3-5,10,12H,6-9,11H2,1-2H3. The fourth-order valence-electron chi connectivity index (χ4n) is 2.67. The van der Waals surface area contributed by atoms with Crippen molar-refractivity contribution >= 4 is 17.7 Å². The lowest BCUT2D eigenvalue weighted by Gasteiger charge is -2.30. The van der Waals surface area contributed by atoms with Crippen molar-refractivity contribution in [3.8, 4) is 5.69 Å². The summed E-state index contributed by atoms with van der Waals surface area (Å²) in [4.78, 5) is 14.3. The first-order chi connectivity index (χ1) is 11.1. The van der Waals surface area contributed by atoms with Crippen molar-refractivity contribution in [1.82, 2.24) is 25.1 Å². The molecule has 6 nitrogen and oxygen atoms in total. The van der Waals surface area contributed by atoms with Crippen LogP contribution in [0.1, 0.15) is 25.3 Å². The Morgan fingerprint density at radius 3 is 2.87 bits per heavy atom. The summed E-state index contributed by atoms with van der Waals surface area (Å²) >= 11 is 1.39. The fourth-order valence-corrected chi connectivity index (χ4v) is 3.46. The summed E-state index contributed by atoms with van der Waals surface area (Å²) in [5, 5.41) is 12.5. The van der Waals surface area contributed by atoms with E-state index in [1.54, 1.807) is 4.68 Å². The number of benzene rings is 1. The summed E-state index contributed by atoms with van der Waals surface area (Å²) in [6.45, 7) is 6.00. The van der Waals surface area contributed by atoms with E-state index < -0.39 is 0 Å². The molecule has 1 saturated heterocycles. The average Bonchev–Trinajstić information content (AvgIpc) is 3.02. The fraction of sp³-hybridized carbons (Fsp3) is 0.500. The molecule has 0 aliphatic carbocycles. The van der Waals surface area contributed by atoms with Crippen molar-refractivity contribution in [3.05, 3.63) is 29.8 Å². The number of aryl methyl sites for hydroxylation is 1. The number of amides is 1. The molecule has 122 valence electrons. The predicted molar refractivity (Wildman–Crippen MR) is 89.6 cm³/mol. The van der Waals surface area contributed by atoms with E-state index in [1.807, 2.05) is 36.1 Å². The highest BCUT2D eigenvalue weighted by molar-refractivity contribution is 7.99. The minimum Gasteiger partial charge on any atom is -0.342 e. The molecule has 0 saturated carbocycles. The quantitative estimate of drug-likeness (QED) is 0.805. The minimum atomic E-state index is 0.167. The minimum absolute atomic E-state index is 0.167. The van der Waals surface area contributed by atoms with Gasteiger partial charge in [0, 0.05) is 13.1 Å². The second-order valence-electron chi connectivity index (χ2n) is 6.06. The molecule has 1 aromatic heterocycles. The number of tetrazole rings is 1. The molecule has 0 spiro atoms. The van der Waals surface area contributed by atoms with Crippen molar-refractivity contribution in [2.24, 2.45) is 5.92 Å². The van der Waals surface area contributed by atoms with E-state index in [4.69, 9.17) is 0 Å². The van der Waals surface area contributed by atoms with Crippen molar-refractivity contribution in [1.29, 1.82) is 0 Å². The number of thioether (sulfide) groups is 1. The van der Waals surface area contributed by atoms with Crippen LogP contribution < -0.4 is 0 Å². The van der Waals surface area contributed by atoms with Gasteiger partial charge in [0.15, 0.2) is 0 Å². The zero-order valence-corrected chi connectivity index (χ0v) is 14.3. The van der Waals surface area contributed by atoms with E-state index in [0.717, 1.165) is 43.1 Å². The number of rotatable bonds is 4. The Morgan fingerprint density at radius 2 is 2.13 bits per heavy atom. The first kappa shape index (κ1) is 16.0. The molecule has 23 heavy (non-hydrogen) atoms. The van der Waals surface area contributed by atoms with Crippen LogP contribution in [0.4, 0.5) is 0 Å². The zero-order valence-electron chi connectivity index (χ0n) is 13.5. The molecule has 0 radical (unpaired) electrons. The molecule has 0 N–H and O–H groups in total. The predicted octanol–water partition coefficient (Wildman–Crippen LogP) is 2.32. The lowest BCUT2D eigenvalue weighted by atomic mass is 9.99. The van der Waals surface area contributed by atoms with Crippen LogP contribution in [-0.2, 0) is 4.79 Å². The number of likely N-dealkylation sites (tertiary alicyclic amines) is 1. The molecule has 2 aromatic rings. The van der Waals surface area contributed by atoms with Crippen LogP contribution in [-0.4, -0.2) is 49.9 Å². The second kappa shape index (κ2) is 7.12. The number of carbonyl (C=O) groups excluding carboxylic acids is 1. The molecule has 7 heteroatoms. The molecular formula is C16H21N5OS. The number of hydrogen-bond donors (Lipinski definition) is 0. The van der Waals surface area contributed by atoms with Gasteiger partial charge in [-0.15, -0.1) is 5.10 Å². The molecule has 1 aromatic carbocycles. The lowest BCUT2D eigenvalue weighted by Crippen LogP contribution is -2.38. The average molecular weight is 331 g/mol. The monoisotopic (exact) mass is 331 g/mol. The van der Waals surface area contributed by atoms with Gasteiger partial charge >= 0.3 is 0 Å². The van der Waals surface area contributed by atoms with Gasteiger partial charge in [-0.3, -0.25) is 4.79 Å². The smallest absolute Gasteiger partial charge is 0.233 e. The maximum Gasteiger partial charge on any atom is 0.233 e. The number of nitrogens with zero attached hydrogens (tertiary/aromatic N) is 5. The Kier molecular flexibility index (Phi) is 4.95. The van der Waals surface area contributed by atoms with Crippen molar-refractivity contribution in [3.63, 3.8) is 0 Å². The van der Waals surface area contributed by atoms with Gasteiger partial charge in [-0.2, -0.15) is 4.68 Å². The highest BCUT2D eigenvalue weighted by Crippen LogP contribution is 2.21. The molecule has 0 bridgehead atoms. The highest BCUT2D eigenvalue weighted by atomic mass is 32.2. The van der Waals surface area contributed by atoms with E-state index in [-0.39, 0.29) is 5.91 Å². The van der Waals surface area contributed by atoms with Gasteiger partial charge in [-0.25, -0.2) is 0 Å². The third-order valence-electron chi connectivity index (χ3n) is 4.15. The molecule has 3 rings (SSSR count). The van der Waals surface area contributed by atoms with E-state index >= 15 is 0 Å². The largest absolute Gasteiger partial charge is 0.342 e. The molecule has 1 amide bonds. The summed E-state index contributed by atoms with van der Waals surface area (Å²) in [7, 11) is 0. The Morgan fingerprint density at radius 1 is 1.35 bits per heavy atom. The third-order valence-corrected chi connectivity index (χ3v) is 5.05. The summed E-state index contributed by atoms with van der Waals surface area (Å²) in [5.41, 5.74) is 2.06. The zero-order chi connectivity index (χ0) is 16.2. The van der Waals surface area contributed by atoms with Crippen LogP contribution in [0.2, 0.25) is 0 Å². The molecule has 0 atom stereocenters. The molecule has 0 unspecified atom stereocenters. The molecule has 1 aliphatic heterocycles. The van der Waals surface area contributed by atoms with E-state index in [1.165, 1.54) is 11.8 Å². The highest BCUT2D eigenvalue weighted by Gasteiger charge is 2.21. The van der Waals surface area contributed by atoms with Gasteiger partial charge in [0.1, 0.15) is 0 Å². The molecule has 1 aliphatic rings. The Balaban J connectivity index is 1.63. The van der Waals surface area contributed by atoms with E-state index in [9.17, 15) is 4.79 Å². The summed E-state index contributed by atoms with van der Waals surface area (Å²) in [5.74, 6) is 1.27. The maximum absolute atomic E-state index is 12.3. The van der Waals surface area contributed by atoms with Crippen LogP contribution in [0.25, 0.3) is 5.69 Å². The van der Waals surface area contributed by atoms with Gasteiger partial charge in [0.2, 0.25) is 11.1 Å². The Hall–Kier alpha value is -1.89. The van der Waals surface area contributed by atoms with Gasteiger partial charge in [0.05, 0.1) is 11.4 Å². The topological polar surface area (TPSA) is 63.9 Å². The SMILES string of the molecule is Cc1cccc(-n2nnnc2SCC(=O)N2CCC(C)CC2)c1. The maximum atomic E-state index is 12.3. The molecule has 1 fully saturated rings. The van der Waals surface area contributed by atoms with Gasteiger partial charge < -0.3 is 4.90 Å². The number of aromatic nitrogens is 4. The lowest BCUT2D eigenvalue weighted by molar-refractivity contribution is -0.129. The first-order valence-electron chi connectivity index (χ1n) is 7.89. The van der Waals surface area contributed by atoms with Crippen LogP contribution in [0.5, 0.6) is 0 Å². The Bertz CT molecular complexity index is 679. The molecule has 2 heterocycles. The third kappa shape index (κ3) is 3.90. The molecular weight excluding hydrogens is 310 g/mol. The van der Waals surface area contributed by atoms with Gasteiger partial charge in [-0.1, -0.05) is 30.8 Å². The second-order valence-corrected chi connectivity index (χ2v) is 7.01. The van der Waals surface area contributed by atoms with Crippen molar-refractivity contribution < 1.29 is 4.79 Å². The number of piperidine rings is 1. The van der Waals surface area contributed by atoms with Crippen LogP contribution >= 0.6 is 11.8 Å². The van der Waals surface area contributed by atoms with Gasteiger partial charge in [-0.05, 0) is 53.8 Å². The van der Waals surface area contributed by atoms with Crippen LogP contribution in [0.15, 0.2) is 29.4 Å².